The first kappa shape index (κ1) is 22.2. The lowest BCUT2D eigenvalue weighted by atomic mass is 10.1. The van der Waals surface area contributed by atoms with Crippen LogP contribution in [-0.2, 0) is 19.1 Å². The molecule has 9 heteroatoms. The van der Waals surface area contributed by atoms with Gasteiger partial charge in [0, 0.05) is 18.0 Å². The van der Waals surface area contributed by atoms with E-state index >= 15 is 0 Å². The van der Waals surface area contributed by atoms with Gasteiger partial charge in [-0.25, -0.2) is 18.4 Å². The van der Waals surface area contributed by atoms with Crippen molar-refractivity contribution in [1.29, 1.82) is 0 Å². The number of carbonyl (C=O) groups is 2. The summed E-state index contributed by atoms with van der Waals surface area (Å²) in [5.74, 6) is -2.93. The van der Waals surface area contributed by atoms with Crippen LogP contribution in [0.1, 0.15) is 0 Å². The maximum absolute atomic E-state index is 13.9. The number of nitrogens with zero attached hydrogens (tertiary/aromatic N) is 1. The Balaban J connectivity index is 2.01. The molecule has 0 amide bonds. The van der Waals surface area contributed by atoms with Crippen molar-refractivity contribution < 1.29 is 32.6 Å². The Morgan fingerprint density at radius 2 is 1.65 bits per heavy atom. The average Bonchev–Trinajstić information content (AvgIpc) is 2.98. The van der Waals surface area contributed by atoms with E-state index in [1.807, 2.05) is 0 Å². The molecular formula is C22H16BrF2NO5. The molecule has 160 valence electrons. The summed E-state index contributed by atoms with van der Waals surface area (Å²) in [6.45, 7) is 0. The number of benzene rings is 2. The minimum Gasteiger partial charge on any atom is -0.465 e. The summed E-state index contributed by atoms with van der Waals surface area (Å²) in [7, 11) is 2.41. The van der Waals surface area contributed by atoms with Crippen molar-refractivity contribution in [3.05, 3.63) is 88.2 Å². The normalized spacial score (nSPS) is 13.1. The second-order valence-electron chi connectivity index (χ2n) is 6.11. The summed E-state index contributed by atoms with van der Waals surface area (Å²) < 4.78 is 42.6. The maximum Gasteiger partial charge on any atom is 0.355 e. The molecule has 6 nitrogen and oxygen atoms in total. The average molecular weight is 492 g/mol. The molecule has 2 aromatic rings. The fraction of sp³-hybridized carbons (Fsp3) is 0.0909. The van der Waals surface area contributed by atoms with Gasteiger partial charge in [-0.3, -0.25) is 0 Å². The molecule has 0 radical (unpaired) electrons. The van der Waals surface area contributed by atoms with E-state index in [0.717, 1.165) is 6.07 Å². The highest BCUT2D eigenvalue weighted by molar-refractivity contribution is 9.10. The van der Waals surface area contributed by atoms with Gasteiger partial charge in [-0.1, -0.05) is 6.08 Å². The van der Waals surface area contributed by atoms with Crippen LogP contribution in [0.4, 0.5) is 14.5 Å². The number of rotatable bonds is 5. The Morgan fingerprint density at radius 1 is 0.935 bits per heavy atom. The summed E-state index contributed by atoms with van der Waals surface area (Å²) in [5.41, 5.74) is 0.425. The van der Waals surface area contributed by atoms with E-state index in [9.17, 15) is 18.4 Å². The fourth-order valence-corrected chi connectivity index (χ4v) is 3.21. The topological polar surface area (TPSA) is 65.1 Å². The number of anilines is 1. The Bertz CT molecular complexity index is 1130. The first-order valence-corrected chi connectivity index (χ1v) is 9.62. The summed E-state index contributed by atoms with van der Waals surface area (Å²) in [5, 5.41) is 0. The van der Waals surface area contributed by atoms with E-state index in [2.05, 4.69) is 15.9 Å². The molecule has 0 spiro atoms. The summed E-state index contributed by atoms with van der Waals surface area (Å²) in [6.07, 6.45) is 6.23. The van der Waals surface area contributed by atoms with Crippen LogP contribution < -0.4 is 9.64 Å². The van der Waals surface area contributed by atoms with Crippen LogP contribution in [0.15, 0.2) is 76.6 Å². The van der Waals surface area contributed by atoms with Crippen LogP contribution in [0.5, 0.6) is 11.5 Å². The first-order chi connectivity index (χ1) is 14.8. The van der Waals surface area contributed by atoms with Crippen molar-refractivity contribution in [3.8, 4) is 11.5 Å². The molecule has 31 heavy (non-hydrogen) atoms. The van der Waals surface area contributed by atoms with Crippen molar-refractivity contribution in [2.75, 3.05) is 19.1 Å². The van der Waals surface area contributed by atoms with Gasteiger partial charge in [-0.2, -0.15) is 0 Å². The van der Waals surface area contributed by atoms with E-state index in [-0.39, 0.29) is 22.8 Å². The zero-order chi connectivity index (χ0) is 22.5. The molecule has 0 aliphatic carbocycles. The third-order valence-electron chi connectivity index (χ3n) is 4.20. The smallest absolute Gasteiger partial charge is 0.355 e. The number of hydrogen-bond acceptors (Lipinski definition) is 6. The highest BCUT2D eigenvalue weighted by atomic mass is 79.9. The molecule has 0 unspecified atom stereocenters. The van der Waals surface area contributed by atoms with Crippen LogP contribution in [0.3, 0.4) is 0 Å². The van der Waals surface area contributed by atoms with Gasteiger partial charge in [0.25, 0.3) is 0 Å². The number of esters is 2. The maximum atomic E-state index is 13.9. The SMILES string of the molecule is COC(=O)C1=C(C(=O)OC)N(c2ccc(Oc3ccc(F)cc3F)c(Br)c2)C=CC=C1. The predicted octanol–water partition coefficient (Wildman–Crippen LogP) is 5.01. The van der Waals surface area contributed by atoms with Gasteiger partial charge in [-0.05, 0) is 58.4 Å². The Labute approximate surface area is 185 Å². The van der Waals surface area contributed by atoms with E-state index < -0.39 is 23.6 Å². The van der Waals surface area contributed by atoms with Crippen molar-refractivity contribution in [1.82, 2.24) is 0 Å². The standard InChI is InChI=1S/C22H16BrF2NO5/c1-29-21(27)15-5-3-4-10-26(20(15)22(28)30-2)14-7-9-18(16(23)12-14)31-19-8-6-13(24)11-17(19)25/h3-12H,1-2H3. The summed E-state index contributed by atoms with van der Waals surface area (Å²) >= 11 is 3.35. The molecule has 0 saturated carbocycles. The second-order valence-corrected chi connectivity index (χ2v) is 6.96. The highest BCUT2D eigenvalue weighted by Gasteiger charge is 2.27. The number of hydrogen-bond donors (Lipinski definition) is 0. The zero-order valence-corrected chi connectivity index (χ0v) is 18.0. The number of carbonyl (C=O) groups excluding carboxylic acids is 2. The number of allylic oxidation sites excluding steroid dienone is 2. The van der Waals surface area contributed by atoms with E-state index in [1.165, 1.54) is 37.3 Å². The first-order valence-electron chi connectivity index (χ1n) is 8.83. The Kier molecular flexibility index (Phi) is 6.86. The molecule has 1 aliphatic heterocycles. The van der Waals surface area contributed by atoms with Gasteiger partial charge in [-0.15, -0.1) is 0 Å². The lowest BCUT2D eigenvalue weighted by Crippen LogP contribution is -2.26. The van der Waals surface area contributed by atoms with Gasteiger partial charge in [0.05, 0.1) is 24.3 Å². The second kappa shape index (κ2) is 9.57. The van der Waals surface area contributed by atoms with Crippen LogP contribution in [0.25, 0.3) is 0 Å². The fourth-order valence-electron chi connectivity index (χ4n) is 2.76. The van der Waals surface area contributed by atoms with E-state index in [4.69, 9.17) is 14.2 Å². The van der Waals surface area contributed by atoms with Gasteiger partial charge in [0.2, 0.25) is 0 Å². The van der Waals surface area contributed by atoms with Crippen molar-refractivity contribution in [2.24, 2.45) is 0 Å². The molecule has 0 bridgehead atoms. The third-order valence-corrected chi connectivity index (χ3v) is 4.82. The van der Waals surface area contributed by atoms with Crippen molar-refractivity contribution >= 4 is 33.6 Å². The highest BCUT2D eigenvalue weighted by Crippen LogP contribution is 2.36. The van der Waals surface area contributed by atoms with Crippen LogP contribution in [-0.4, -0.2) is 26.2 Å². The predicted molar refractivity (Wildman–Crippen MR) is 112 cm³/mol. The van der Waals surface area contributed by atoms with Crippen molar-refractivity contribution in [3.63, 3.8) is 0 Å². The third kappa shape index (κ3) is 4.83. The Hall–Kier alpha value is -3.46. The van der Waals surface area contributed by atoms with Gasteiger partial charge >= 0.3 is 11.9 Å². The lowest BCUT2D eigenvalue weighted by Gasteiger charge is -2.23. The molecule has 0 N–H and O–H groups in total. The Morgan fingerprint density at radius 3 is 2.29 bits per heavy atom. The molecule has 3 rings (SSSR count). The molecule has 0 fully saturated rings. The molecule has 2 aromatic carbocycles. The van der Waals surface area contributed by atoms with Gasteiger partial charge < -0.3 is 19.1 Å². The van der Waals surface area contributed by atoms with Crippen molar-refractivity contribution in [2.45, 2.75) is 0 Å². The van der Waals surface area contributed by atoms with E-state index in [1.54, 1.807) is 30.5 Å². The quantitative estimate of drug-likeness (QED) is 0.547. The largest absolute Gasteiger partial charge is 0.465 e. The van der Waals surface area contributed by atoms with Crippen LogP contribution in [0, 0.1) is 11.6 Å². The monoisotopic (exact) mass is 491 g/mol. The van der Waals surface area contributed by atoms with Crippen LogP contribution in [0.2, 0.25) is 0 Å². The summed E-state index contributed by atoms with van der Waals surface area (Å²) in [6, 6.07) is 7.70. The summed E-state index contributed by atoms with van der Waals surface area (Å²) in [4.78, 5) is 26.2. The van der Waals surface area contributed by atoms with Gasteiger partial charge in [0.15, 0.2) is 11.6 Å². The molecule has 0 atom stereocenters. The zero-order valence-electron chi connectivity index (χ0n) is 16.4. The molecule has 0 aromatic heterocycles. The molecular weight excluding hydrogens is 476 g/mol. The van der Waals surface area contributed by atoms with E-state index in [0.29, 0.717) is 16.2 Å². The minimum absolute atomic E-state index is 0.00387. The number of halogens is 3. The molecule has 1 heterocycles. The lowest BCUT2D eigenvalue weighted by molar-refractivity contribution is -0.139. The number of methoxy groups -OCH3 is 2. The van der Waals surface area contributed by atoms with Gasteiger partial charge in [0.1, 0.15) is 17.3 Å². The number of ether oxygens (including phenoxy) is 3. The van der Waals surface area contributed by atoms with Crippen LogP contribution >= 0.6 is 15.9 Å². The molecule has 0 saturated heterocycles. The molecule has 1 aliphatic rings. The minimum atomic E-state index is -0.851.